The van der Waals surface area contributed by atoms with Crippen LogP contribution in [0, 0.1) is 73.3 Å². The van der Waals surface area contributed by atoms with Gasteiger partial charge in [-0.2, -0.15) is 0 Å². The Kier molecular flexibility index (Phi) is 34.5. The van der Waals surface area contributed by atoms with Crippen LogP contribution < -0.4 is 0 Å². The van der Waals surface area contributed by atoms with Crippen LogP contribution in [0.4, 0.5) is 35.1 Å². The van der Waals surface area contributed by atoms with Crippen molar-refractivity contribution in [1.82, 2.24) is 39.6 Å². The summed E-state index contributed by atoms with van der Waals surface area (Å²) in [6.45, 7) is 0. The zero-order valence-electron chi connectivity index (χ0n) is 62.8. The molecular weight excluding hydrogens is 1930 g/mol. The maximum Gasteiger partial charge on any atom is 0.336 e. The molecule has 48 heteroatoms. The van der Waals surface area contributed by atoms with Crippen molar-refractivity contribution in [3.63, 3.8) is 0 Å². The standard InChI is InChI=1S/4C10H6FNO3S.4C10H6FNO2S2/c11-5-1-2-6(7(3-5)10(13)14)9-12-4-8(16)15-9;11-5-1-2-6(7(3-5)9(13)14)8-4-12-10(16)15-8;11-5-1-2-6(7(3-5)10(13)14)8-4-9(16)12-15-8;11-5-1-2-6(7(3-5)10(13)14)8-4-9(16)15-12-8;11-5-1-2-6(7(3-5)10(13)14)9-12-8(15)4-16-9;11-5-1-2-6(7(3-5)9(13)14)8-4-16-10(15)12-8;11-5-1-2-6(7(3-5)9(13)14)8-4-12-10(15)16-8;11-5-1-2-6(7(3-5)10(13)14)8-4-9(15)12-16-8/h1-4,16H,(H,13,14);2*1-4H,(H,12,16)(H,13,14);1-4,12H,(H,13,14);1-4,15H,(H,13,14);3*1-4H,(H,12,15)(H,13,14). The predicted octanol–water partition coefficient (Wildman–Crippen LogP) is 23.9. The second-order valence-electron chi connectivity index (χ2n) is 24.4. The van der Waals surface area contributed by atoms with E-state index in [9.17, 15) is 73.5 Å². The lowest BCUT2D eigenvalue weighted by Crippen LogP contribution is -2.00. The van der Waals surface area contributed by atoms with Gasteiger partial charge in [-0.15, -0.1) is 59.3 Å². The van der Waals surface area contributed by atoms with Crippen LogP contribution >= 0.6 is 144 Å². The van der Waals surface area contributed by atoms with Crippen molar-refractivity contribution in [2.45, 2.75) is 10.1 Å². The average molecular weight is 1980 g/mol. The fourth-order valence-electron chi connectivity index (χ4n) is 10.5. The minimum atomic E-state index is -1.24. The maximum absolute atomic E-state index is 12.9. The molecular formula is C80H48F8N8O20S12. The number of aromatic amines is 6. The number of aromatic carboxylic acids is 8. The summed E-state index contributed by atoms with van der Waals surface area (Å²) in [5.41, 5.74) is 2.87. The van der Waals surface area contributed by atoms with E-state index in [0.717, 1.165) is 66.7 Å². The molecule has 8 aromatic carbocycles. The normalized spacial score (nSPS) is 10.3. The Balaban J connectivity index is 0.000000165. The molecule has 0 aliphatic heterocycles. The molecule has 0 saturated carbocycles. The Morgan fingerprint density at radius 2 is 0.773 bits per heavy atom. The Labute approximate surface area is 766 Å². The van der Waals surface area contributed by atoms with Crippen LogP contribution in [0.3, 0.4) is 0 Å². The van der Waals surface area contributed by atoms with Crippen LogP contribution in [0.15, 0.2) is 221 Å². The summed E-state index contributed by atoms with van der Waals surface area (Å²) >= 11 is 42.0. The number of carboxylic acid groups (broad SMARTS) is 8. The molecule has 0 saturated heterocycles. The van der Waals surface area contributed by atoms with Gasteiger partial charge >= 0.3 is 47.8 Å². The summed E-state index contributed by atoms with van der Waals surface area (Å²) in [5, 5.41) is 81.0. The highest BCUT2D eigenvalue weighted by Gasteiger charge is 2.23. The van der Waals surface area contributed by atoms with E-state index in [-0.39, 0.29) is 93.2 Å². The molecule has 0 aliphatic carbocycles. The SMILES string of the molecule is O=C(O)c1cc(F)ccc1-c1c[nH]c(=S)o1.O=C(O)c1cc(F)ccc1-c1c[nH]c(=S)s1.O=C(O)c1cc(F)ccc1-c1cc(=S)[nH]o1.O=C(O)c1cc(F)ccc1-c1cc(=S)[nH]s1.O=C(O)c1cc(F)ccc1-c1cc(=S)o[nH]1.O=C(O)c1cc(F)ccc1-c1csc(=S)[nH]1.O=C(O)c1cc(F)ccc1-c1nc(S)cs1.O=C(O)c1cc(F)ccc1-c1ncc(S)o1. The minimum Gasteiger partial charge on any atom is -0.478 e. The summed E-state index contributed by atoms with van der Waals surface area (Å²) in [7, 11) is 0. The number of hydrogen-bond acceptors (Lipinski definition) is 26. The summed E-state index contributed by atoms with van der Waals surface area (Å²) in [4.78, 5) is 105. The number of benzene rings is 8. The van der Waals surface area contributed by atoms with Crippen molar-refractivity contribution < 1.29 is 132 Å². The molecule has 0 atom stereocenters. The van der Waals surface area contributed by atoms with E-state index in [2.05, 4.69) is 64.9 Å². The first-order valence-electron chi connectivity index (χ1n) is 34.3. The third kappa shape index (κ3) is 27.2. The van der Waals surface area contributed by atoms with Gasteiger partial charge in [0.15, 0.2) is 24.5 Å². The number of oxazole rings is 2. The van der Waals surface area contributed by atoms with Gasteiger partial charge in [0.05, 0.1) is 77.4 Å². The van der Waals surface area contributed by atoms with Crippen molar-refractivity contribution in [2.24, 2.45) is 0 Å². The highest BCUT2D eigenvalue weighted by Crippen LogP contribution is 2.35. The summed E-state index contributed by atoms with van der Waals surface area (Å²) in [6.07, 6.45) is 4.39. The number of nitrogens with zero attached hydrogens (tertiary/aromatic N) is 2. The molecule has 0 bridgehead atoms. The monoisotopic (exact) mass is 1980 g/mol. The topological polar surface area (TPSA) is 471 Å². The van der Waals surface area contributed by atoms with Crippen LogP contribution in [0.1, 0.15) is 82.9 Å². The first-order chi connectivity index (χ1) is 60.6. The number of halogens is 8. The quantitative estimate of drug-likeness (QED) is 0.0243. The van der Waals surface area contributed by atoms with Crippen molar-refractivity contribution in [2.75, 3.05) is 0 Å². The van der Waals surface area contributed by atoms with Crippen LogP contribution in [0.5, 0.6) is 0 Å². The molecule has 656 valence electrons. The lowest BCUT2D eigenvalue weighted by molar-refractivity contribution is 0.0686. The number of H-pyrrole nitrogens is 6. The summed E-state index contributed by atoms with van der Waals surface area (Å²) < 4.78 is 128. The number of aromatic nitrogens is 8. The van der Waals surface area contributed by atoms with E-state index in [1.165, 1.54) is 149 Å². The summed E-state index contributed by atoms with van der Waals surface area (Å²) in [6, 6.07) is 32.8. The Hall–Kier alpha value is -13.7. The second kappa shape index (κ2) is 45.0. The fraction of sp³-hybridized carbons (Fsp3) is 0. The molecule has 8 heterocycles. The van der Waals surface area contributed by atoms with Gasteiger partial charge in [0, 0.05) is 74.2 Å². The van der Waals surface area contributed by atoms with Crippen LogP contribution in [-0.4, -0.2) is 128 Å². The fourth-order valence-corrected chi connectivity index (χ4v) is 15.1. The summed E-state index contributed by atoms with van der Waals surface area (Å²) in [5.74, 6) is -13.7. The number of thiol groups is 2. The Bertz CT molecular complexity index is 6320. The molecule has 0 spiro atoms. The molecule has 0 aliphatic rings. The van der Waals surface area contributed by atoms with E-state index in [4.69, 9.17) is 132 Å². The van der Waals surface area contributed by atoms with Crippen LogP contribution in [0.25, 0.3) is 88.1 Å². The van der Waals surface area contributed by atoms with E-state index in [1.54, 1.807) is 23.0 Å². The zero-order chi connectivity index (χ0) is 93.7. The van der Waals surface area contributed by atoms with Gasteiger partial charge in [0.25, 0.3) is 4.84 Å². The van der Waals surface area contributed by atoms with Crippen molar-refractivity contribution in [3.8, 4) is 88.1 Å². The zero-order valence-corrected chi connectivity index (χ0v) is 72.8. The van der Waals surface area contributed by atoms with Crippen molar-refractivity contribution in [1.29, 1.82) is 0 Å². The first-order valence-corrected chi connectivity index (χ1v) is 41.0. The molecule has 16 aromatic rings. The number of hydrogen-bond donors (Lipinski definition) is 16. The van der Waals surface area contributed by atoms with Crippen LogP contribution in [-0.2, 0) is 0 Å². The molecule has 128 heavy (non-hydrogen) atoms. The highest BCUT2D eigenvalue weighted by molar-refractivity contribution is 7.80. The van der Waals surface area contributed by atoms with E-state index in [0.29, 0.717) is 76.2 Å². The Morgan fingerprint density at radius 1 is 0.375 bits per heavy atom. The van der Waals surface area contributed by atoms with E-state index in [1.807, 2.05) is 0 Å². The molecule has 0 radical (unpaired) electrons. The van der Waals surface area contributed by atoms with E-state index < -0.39 is 94.3 Å². The van der Waals surface area contributed by atoms with Gasteiger partial charge < -0.3 is 78.1 Å². The number of carbonyl (C=O) groups is 8. The lowest BCUT2D eigenvalue weighted by Gasteiger charge is -2.03. The second-order valence-corrected chi connectivity index (χ2v) is 31.9. The molecule has 0 fully saturated rings. The van der Waals surface area contributed by atoms with Gasteiger partial charge in [-0.3, -0.25) is 0 Å². The van der Waals surface area contributed by atoms with Gasteiger partial charge in [-0.25, -0.2) is 93.8 Å². The molecule has 14 N–H and O–H groups in total. The van der Waals surface area contributed by atoms with Gasteiger partial charge in [-0.1, -0.05) is 36.0 Å². The maximum atomic E-state index is 12.9. The molecule has 0 amide bonds. The van der Waals surface area contributed by atoms with Crippen molar-refractivity contribution >= 4 is 192 Å². The minimum absolute atomic E-state index is 0.0646. The number of thiazole rings is 3. The largest absolute Gasteiger partial charge is 0.478 e. The van der Waals surface area contributed by atoms with E-state index >= 15 is 0 Å². The third-order valence-electron chi connectivity index (χ3n) is 15.9. The van der Waals surface area contributed by atoms with Gasteiger partial charge in [0.2, 0.25) is 10.6 Å². The van der Waals surface area contributed by atoms with Gasteiger partial charge in [-0.05, 0) is 201 Å². The third-order valence-corrected chi connectivity index (χ3v) is 21.5. The lowest BCUT2D eigenvalue weighted by atomic mass is 10.0. The first kappa shape index (κ1) is 98.1. The van der Waals surface area contributed by atoms with Crippen molar-refractivity contribution in [3.05, 3.63) is 311 Å². The smallest absolute Gasteiger partial charge is 0.336 e. The number of rotatable bonds is 16. The number of nitrogens with one attached hydrogen (secondary N) is 6. The highest BCUT2D eigenvalue weighted by atomic mass is 32.2. The molecule has 0 unspecified atom stereocenters. The Morgan fingerprint density at radius 3 is 1.12 bits per heavy atom. The molecule has 16 rings (SSSR count). The van der Waals surface area contributed by atoms with Gasteiger partial charge in [0.1, 0.15) is 65.9 Å². The average Bonchev–Trinajstić information content (AvgIpc) is 1.79. The predicted molar refractivity (Wildman–Crippen MR) is 472 cm³/mol. The molecule has 8 aromatic heterocycles. The number of carboxylic acids is 8. The van der Waals surface area contributed by atoms with Crippen LogP contribution in [0.2, 0.25) is 0 Å². The molecule has 28 nitrogen and oxygen atoms in total.